The average Bonchev–Trinajstić information content (AvgIpc) is 2.47. The Kier molecular flexibility index (Phi) is 5.35. The second-order valence-electron chi connectivity index (χ2n) is 5.68. The van der Waals surface area contributed by atoms with Crippen LogP contribution in [0.4, 0.5) is 10.1 Å². The van der Waals surface area contributed by atoms with Crippen molar-refractivity contribution in [2.24, 2.45) is 0 Å². The quantitative estimate of drug-likeness (QED) is 0.914. The van der Waals surface area contributed by atoms with E-state index in [1.54, 1.807) is 19.2 Å². The van der Waals surface area contributed by atoms with E-state index in [4.69, 9.17) is 0 Å². The number of rotatable bonds is 4. The molecule has 1 aliphatic rings. The second kappa shape index (κ2) is 7.24. The van der Waals surface area contributed by atoms with E-state index in [0.717, 1.165) is 19.4 Å². The Morgan fingerprint density at radius 3 is 2.82 bits per heavy atom. The Balaban J connectivity index is 1.92. The summed E-state index contributed by atoms with van der Waals surface area (Å²) in [5, 5.41) is 2.93. The highest BCUT2D eigenvalue weighted by atomic mass is 19.1. The number of carbonyl (C=O) groups excluding carboxylic acids is 2. The molecule has 2 amide bonds. The van der Waals surface area contributed by atoms with Crippen LogP contribution in [0.2, 0.25) is 0 Å². The zero-order valence-electron chi connectivity index (χ0n) is 13.0. The fraction of sp³-hybridized carbons (Fsp3) is 0.500. The van der Waals surface area contributed by atoms with Crippen molar-refractivity contribution >= 4 is 17.5 Å². The van der Waals surface area contributed by atoms with Gasteiger partial charge in [-0.05, 0) is 25.0 Å². The third-order valence-corrected chi connectivity index (χ3v) is 3.90. The summed E-state index contributed by atoms with van der Waals surface area (Å²) in [5.74, 6) is -0.573. The lowest BCUT2D eigenvalue weighted by molar-refractivity contribution is -0.133. The Bertz CT molecular complexity index is 550. The predicted molar refractivity (Wildman–Crippen MR) is 83.1 cm³/mol. The molecule has 1 atom stereocenters. The largest absolute Gasteiger partial charge is 0.367 e. The molecule has 120 valence electrons. The minimum Gasteiger partial charge on any atom is -0.367 e. The van der Waals surface area contributed by atoms with Gasteiger partial charge in [0.25, 0.3) is 0 Å². The lowest BCUT2D eigenvalue weighted by Gasteiger charge is -2.35. The van der Waals surface area contributed by atoms with Gasteiger partial charge in [-0.3, -0.25) is 9.59 Å². The van der Waals surface area contributed by atoms with Crippen molar-refractivity contribution in [3.05, 3.63) is 30.1 Å². The third-order valence-electron chi connectivity index (χ3n) is 3.90. The van der Waals surface area contributed by atoms with Gasteiger partial charge < -0.3 is 15.1 Å². The summed E-state index contributed by atoms with van der Waals surface area (Å²) in [4.78, 5) is 26.4. The Labute approximate surface area is 130 Å². The number of anilines is 1. The number of halogens is 1. The van der Waals surface area contributed by atoms with E-state index in [2.05, 4.69) is 5.32 Å². The van der Waals surface area contributed by atoms with Gasteiger partial charge >= 0.3 is 0 Å². The molecule has 6 heteroatoms. The normalized spacial score (nSPS) is 18.0. The first-order valence-electron chi connectivity index (χ1n) is 7.48. The number of para-hydroxylation sites is 1. The van der Waals surface area contributed by atoms with Crippen LogP contribution in [0.1, 0.15) is 19.8 Å². The van der Waals surface area contributed by atoms with Crippen molar-refractivity contribution in [2.45, 2.75) is 25.8 Å². The van der Waals surface area contributed by atoms with E-state index < -0.39 is 0 Å². The van der Waals surface area contributed by atoms with Crippen LogP contribution < -0.4 is 10.2 Å². The maximum atomic E-state index is 13.9. The smallest absolute Gasteiger partial charge is 0.239 e. The van der Waals surface area contributed by atoms with E-state index in [-0.39, 0.29) is 30.2 Å². The molecule has 1 aromatic carbocycles. The molecular weight excluding hydrogens is 285 g/mol. The van der Waals surface area contributed by atoms with Gasteiger partial charge in [-0.2, -0.15) is 0 Å². The van der Waals surface area contributed by atoms with Crippen LogP contribution in [-0.2, 0) is 9.59 Å². The summed E-state index contributed by atoms with van der Waals surface area (Å²) in [6.45, 7) is 2.83. The topological polar surface area (TPSA) is 52.7 Å². The molecule has 22 heavy (non-hydrogen) atoms. The van der Waals surface area contributed by atoms with E-state index in [1.807, 2.05) is 11.0 Å². The number of carbonyl (C=O) groups is 2. The van der Waals surface area contributed by atoms with Crippen molar-refractivity contribution in [2.75, 3.05) is 31.6 Å². The van der Waals surface area contributed by atoms with Crippen molar-refractivity contribution in [3.8, 4) is 0 Å². The number of likely N-dealkylation sites (N-methyl/N-ethyl adjacent to an activating group) is 1. The van der Waals surface area contributed by atoms with Crippen molar-refractivity contribution in [3.63, 3.8) is 0 Å². The first kappa shape index (κ1) is 16.3. The van der Waals surface area contributed by atoms with Gasteiger partial charge in [0, 0.05) is 33.1 Å². The molecule has 1 saturated heterocycles. The molecule has 1 aliphatic heterocycles. The number of piperidine rings is 1. The minimum atomic E-state index is -0.245. The summed E-state index contributed by atoms with van der Waals surface area (Å²) in [6, 6.07) is 6.64. The van der Waals surface area contributed by atoms with Gasteiger partial charge in [0.05, 0.1) is 12.2 Å². The molecule has 1 unspecified atom stereocenters. The molecule has 0 saturated carbocycles. The number of hydrogen-bond acceptors (Lipinski definition) is 3. The van der Waals surface area contributed by atoms with E-state index >= 15 is 0 Å². The third kappa shape index (κ3) is 4.19. The minimum absolute atomic E-state index is 0.0267. The Hall–Kier alpha value is -2.11. The summed E-state index contributed by atoms with van der Waals surface area (Å²) in [5.41, 5.74) is 0.572. The zero-order chi connectivity index (χ0) is 16.1. The summed E-state index contributed by atoms with van der Waals surface area (Å²) in [7, 11) is 1.59. The first-order chi connectivity index (χ1) is 10.5. The maximum absolute atomic E-state index is 13.9. The standard InChI is InChI=1S/C16H22FN3O2/c1-12(21)19(2)11-16(22)18-13-6-5-9-20(10-13)15-8-4-3-7-14(15)17/h3-4,7-8,13H,5-6,9-11H2,1-2H3,(H,18,22). The van der Waals surface area contributed by atoms with Gasteiger partial charge in [-0.15, -0.1) is 0 Å². The molecule has 2 rings (SSSR count). The molecule has 0 aliphatic carbocycles. The van der Waals surface area contributed by atoms with Crippen LogP contribution in [0.25, 0.3) is 0 Å². The molecule has 0 spiro atoms. The Morgan fingerprint density at radius 2 is 2.14 bits per heavy atom. The van der Waals surface area contributed by atoms with Crippen molar-refractivity contribution < 1.29 is 14.0 Å². The number of amides is 2. The molecule has 1 aromatic rings. The lowest BCUT2D eigenvalue weighted by Crippen LogP contribution is -2.50. The molecule has 1 N–H and O–H groups in total. The zero-order valence-corrected chi connectivity index (χ0v) is 13.0. The van der Waals surface area contributed by atoms with Gasteiger partial charge in [-0.25, -0.2) is 4.39 Å². The number of benzene rings is 1. The van der Waals surface area contributed by atoms with Crippen LogP contribution >= 0.6 is 0 Å². The first-order valence-corrected chi connectivity index (χ1v) is 7.48. The molecule has 0 radical (unpaired) electrons. The fourth-order valence-electron chi connectivity index (χ4n) is 2.62. The monoisotopic (exact) mass is 307 g/mol. The van der Waals surface area contributed by atoms with Gasteiger partial charge in [0.1, 0.15) is 5.82 Å². The molecular formula is C16H22FN3O2. The number of nitrogens with one attached hydrogen (secondary N) is 1. The predicted octanol–water partition coefficient (Wildman–Crippen LogP) is 1.39. The SMILES string of the molecule is CC(=O)N(C)CC(=O)NC1CCCN(c2ccccc2F)C1. The second-order valence-corrected chi connectivity index (χ2v) is 5.68. The van der Waals surface area contributed by atoms with Gasteiger partial charge in [0.15, 0.2) is 0 Å². The molecule has 0 aromatic heterocycles. The van der Waals surface area contributed by atoms with E-state index in [1.165, 1.54) is 17.9 Å². The summed E-state index contributed by atoms with van der Waals surface area (Å²) >= 11 is 0. The molecule has 0 bridgehead atoms. The molecule has 1 fully saturated rings. The van der Waals surface area contributed by atoms with E-state index in [0.29, 0.717) is 12.2 Å². The highest BCUT2D eigenvalue weighted by Crippen LogP contribution is 2.22. The Morgan fingerprint density at radius 1 is 1.41 bits per heavy atom. The van der Waals surface area contributed by atoms with Gasteiger partial charge in [-0.1, -0.05) is 12.1 Å². The molecule has 5 nitrogen and oxygen atoms in total. The van der Waals surface area contributed by atoms with Crippen LogP contribution in [0, 0.1) is 5.82 Å². The average molecular weight is 307 g/mol. The summed E-state index contributed by atoms with van der Waals surface area (Å²) in [6.07, 6.45) is 1.75. The van der Waals surface area contributed by atoms with Crippen LogP contribution in [-0.4, -0.2) is 49.4 Å². The highest BCUT2D eigenvalue weighted by Gasteiger charge is 2.23. The highest BCUT2D eigenvalue weighted by molar-refractivity contribution is 5.83. The van der Waals surface area contributed by atoms with Crippen molar-refractivity contribution in [1.82, 2.24) is 10.2 Å². The maximum Gasteiger partial charge on any atom is 0.239 e. The lowest BCUT2D eigenvalue weighted by atomic mass is 10.0. The molecule has 1 heterocycles. The van der Waals surface area contributed by atoms with Gasteiger partial charge in [0.2, 0.25) is 11.8 Å². The number of hydrogen-bond donors (Lipinski definition) is 1. The fourth-order valence-corrected chi connectivity index (χ4v) is 2.62. The van der Waals surface area contributed by atoms with E-state index in [9.17, 15) is 14.0 Å². The number of nitrogens with zero attached hydrogens (tertiary/aromatic N) is 2. The van der Waals surface area contributed by atoms with Crippen LogP contribution in [0.5, 0.6) is 0 Å². The van der Waals surface area contributed by atoms with Crippen LogP contribution in [0.15, 0.2) is 24.3 Å². The summed E-state index contributed by atoms with van der Waals surface area (Å²) < 4.78 is 13.9. The van der Waals surface area contributed by atoms with Crippen molar-refractivity contribution in [1.29, 1.82) is 0 Å². The van der Waals surface area contributed by atoms with Crippen LogP contribution in [0.3, 0.4) is 0 Å².